The van der Waals surface area contributed by atoms with Crippen LogP contribution in [0.15, 0.2) is 42.5 Å². The van der Waals surface area contributed by atoms with E-state index >= 15 is 0 Å². The number of anilines is 1. The molecule has 0 unspecified atom stereocenters. The van der Waals surface area contributed by atoms with Crippen molar-refractivity contribution >= 4 is 11.5 Å². The van der Waals surface area contributed by atoms with E-state index in [0.29, 0.717) is 23.1 Å². The largest absolute Gasteiger partial charge is 0.398 e. The van der Waals surface area contributed by atoms with Crippen LogP contribution in [0.25, 0.3) is 0 Å². The van der Waals surface area contributed by atoms with Crippen molar-refractivity contribution in [2.75, 3.05) is 5.73 Å². The third kappa shape index (κ3) is 3.15. The van der Waals surface area contributed by atoms with Crippen molar-refractivity contribution in [1.82, 2.24) is 0 Å². The first-order valence-corrected chi connectivity index (χ1v) is 7.44. The number of hydrogen-bond acceptors (Lipinski definition) is 2. The number of benzene rings is 2. The number of ketones is 1. The topological polar surface area (TPSA) is 43.1 Å². The number of hydrogen-bond donors (Lipinski definition) is 1. The van der Waals surface area contributed by atoms with Gasteiger partial charge in [0.1, 0.15) is 0 Å². The second-order valence-corrected chi connectivity index (χ2v) is 6.07. The Balaban J connectivity index is 2.53. The van der Waals surface area contributed by atoms with Crippen molar-refractivity contribution in [2.45, 2.75) is 39.5 Å². The summed E-state index contributed by atoms with van der Waals surface area (Å²) in [6, 6.07) is 13.4. The molecule has 0 saturated carbocycles. The van der Waals surface area contributed by atoms with E-state index in [1.165, 1.54) is 5.56 Å². The van der Waals surface area contributed by atoms with Crippen molar-refractivity contribution in [3.05, 3.63) is 64.7 Å². The van der Waals surface area contributed by atoms with Crippen LogP contribution in [0.1, 0.15) is 66.6 Å². The lowest BCUT2D eigenvalue weighted by atomic mass is 9.88. The summed E-state index contributed by atoms with van der Waals surface area (Å²) in [5.74, 6) is 0.758. The van der Waals surface area contributed by atoms with Crippen LogP contribution in [0.5, 0.6) is 0 Å². The van der Waals surface area contributed by atoms with Crippen LogP contribution in [-0.4, -0.2) is 5.78 Å². The molecule has 0 heterocycles. The molecule has 0 aliphatic heterocycles. The second kappa shape index (κ2) is 6.13. The summed E-state index contributed by atoms with van der Waals surface area (Å²) in [6.45, 7) is 8.56. The fourth-order valence-electron chi connectivity index (χ4n) is 2.47. The molecule has 0 bridgehead atoms. The highest BCUT2D eigenvalue weighted by Gasteiger charge is 2.18. The summed E-state index contributed by atoms with van der Waals surface area (Å²) in [5, 5.41) is 0. The lowest BCUT2D eigenvalue weighted by molar-refractivity contribution is 0.103. The highest BCUT2D eigenvalue weighted by molar-refractivity contribution is 6.13. The fraction of sp³-hybridized carbons (Fsp3) is 0.316. The van der Waals surface area contributed by atoms with Crippen molar-refractivity contribution in [3.63, 3.8) is 0 Å². The minimum atomic E-state index is 0.00658. The molecule has 0 aliphatic carbocycles. The third-order valence-corrected chi connectivity index (χ3v) is 3.81. The predicted octanol–water partition coefficient (Wildman–Crippen LogP) is 4.75. The van der Waals surface area contributed by atoms with Gasteiger partial charge in [0.25, 0.3) is 0 Å². The lowest BCUT2D eigenvalue weighted by Gasteiger charge is -2.16. The van der Waals surface area contributed by atoms with Crippen LogP contribution in [-0.2, 0) is 0 Å². The van der Waals surface area contributed by atoms with Gasteiger partial charge in [-0.1, -0.05) is 58.0 Å². The highest BCUT2D eigenvalue weighted by Crippen LogP contribution is 2.27. The van der Waals surface area contributed by atoms with E-state index in [9.17, 15) is 4.79 Å². The Morgan fingerprint density at radius 1 is 0.905 bits per heavy atom. The van der Waals surface area contributed by atoms with E-state index < -0.39 is 0 Å². The van der Waals surface area contributed by atoms with Gasteiger partial charge in [0.15, 0.2) is 5.78 Å². The van der Waals surface area contributed by atoms with Crippen LogP contribution < -0.4 is 5.73 Å². The Morgan fingerprint density at radius 3 is 2.14 bits per heavy atom. The SMILES string of the molecule is CC(C)c1ccc(C(=O)c2ccccc2N)c(C(C)C)c1. The summed E-state index contributed by atoms with van der Waals surface area (Å²) < 4.78 is 0. The lowest BCUT2D eigenvalue weighted by Crippen LogP contribution is -2.10. The summed E-state index contributed by atoms with van der Waals surface area (Å²) in [6.07, 6.45) is 0. The molecular formula is C19H23NO. The predicted molar refractivity (Wildman–Crippen MR) is 88.9 cm³/mol. The molecule has 21 heavy (non-hydrogen) atoms. The molecule has 2 nitrogen and oxygen atoms in total. The molecule has 2 aromatic carbocycles. The minimum Gasteiger partial charge on any atom is -0.398 e. The Bertz CT molecular complexity index is 656. The molecule has 2 N–H and O–H groups in total. The van der Waals surface area contributed by atoms with E-state index in [-0.39, 0.29) is 5.78 Å². The standard InChI is InChI=1S/C19H23NO/c1-12(2)14-9-10-15(17(11-14)13(3)4)19(21)16-7-5-6-8-18(16)20/h5-13H,20H2,1-4H3. The van der Waals surface area contributed by atoms with Gasteiger partial charge in [0.2, 0.25) is 0 Å². The van der Waals surface area contributed by atoms with E-state index in [0.717, 1.165) is 11.1 Å². The average molecular weight is 281 g/mol. The maximum absolute atomic E-state index is 12.8. The zero-order chi connectivity index (χ0) is 15.6. The normalized spacial score (nSPS) is 11.1. The van der Waals surface area contributed by atoms with Gasteiger partial charge in [0, 0.05) is 16.8 Å². The van der Waals surface area contributed by atoms with E-state index in [1.807, 2.05) is 24.3 Å². The molecule has 0 radical (unpaired) electrons. The first-order chi connectivity index (χ1) is 9.91. The Morgan fingerprint density at radius 2 is 1.57 bits per heavy atom. The van der Waals surface area contributed by atoms with Crippen molar-refractivity contribution in [2.24, 2.45) is 0 Å². The van der Waals surface area contributed by atoms with Crippen molar-refractivity contribution in [1.29, 1.82) is 0 Å². The number of para-hydroxylation sites is 1. The molecule has 0 atom stereocenters. The van der Waals surface area contributed by atoms with E-state index in [4.69, 9.17) is 5.73 Å². The van der Waals surface area contributed by atoms with Gasteiger partial charge >= 0.3 is 0 Å². The van der Waals surface area contributed by atoms with Crippen molar-refractivity contribution in [3.8, 4) is 0 Å². The molecular weight excluding hydrogens is 258 g/mol. The summed E-state index contributed by atoms with van der Waals surface area (Å²) in [4.78, 5) is 12.8. The summed E-state index contributed by atoms with van der Waals surface area (Å²) in [5.41, 5.74) is 10.2. The molecule has 2 rings (SSSR count). The number of carbonyl (C=O) groups excluding carboxylic acids is 1. The van der Waals surface area contributed by atoms with E-state index in [1.54, 1.807) is 12.1 Å². The van der Waals surface area contributed by atoms with Gasteiger partial charge < -0.3 is 5.73 Å². The Hall–Kier alpha value is -2.09. The molecule has 110 valence electrons. The van der Waals surface area contributed by atoms with Gasteiger partial charge in [-0.05, 0) is 35.1 Å². The Kier molecular flexibility index (Phi) is 4.46. The molecule has 0 saturated heterocycles. The second-order valence-electron chi connectivity index (χ2n) is 6.07. The first-order valence-electron chi connectivity index (χ1n) is 7.44. The first kappa shape index (κ1) is 15.3. The number of nitrogens with two attached hydrogens (primary N) is 1. The molecule has 0 aliphatic rings. The number of carbonyl (C=O) groups is 1. The maximum Gasteiger partial charge on any atom is 0.195 e. The van der Waals surface area contributed by atoms with Gasteiger partial charge in [-0.15, -0.1) is 0 Å². The Labute approximate surface area is 127 Å². The summed E-state index contributed by atoms with van der Waals surface area (Å²) >= 11 is 0. The molecule has 0 aromatic heterocycles. The highest BCUT2D eigenvalue weighted by atomic mass is 16.1. The fourth-order valence-corrected chi connectivity index (χ4v) is 2.47. The van der Waals surface area contributed by atoms with Crippen LogP contribution in [0.4, 0.5) is 5.69 Å². The average Bonchev–Trinajstić information content (AvgIpc) is 2.46. The van der Waals surface area contributed by atoms with Crippen LogP contribution in [0.3, 0.4) is 0 Å². The van der Waals surface area contributed by atoms with Crippen molar-refractivity contribution < 1.29 is 4.79 Å². The molecule has 0 fully saturated rings. The molecule has 2 aromatic rings. The molecule has 2 heteroatoms. The minimum absolute atomic E-state index is 0.00658. The number of rotatable bonds is 4. The zero-order valence-corrected chi connectivity index (χ0v) is 13.2. The van der Waals surface area contributed by atoms with Gasteiger partial charge in [-0.2, -0.15) is 0 Å². The molecule has 0 amide bonds. The molecule has 0 spiro atoms. The number of nitrogen functional groups attached to an aromatic ring is 1. The maximum atomic E-state index is 12.8. The smallest absolute Gasteiger partial charge is 0.195 e. The quantitative estimate of drug-likeness (QED) is 0.649. The van der Waals surface area contributed by atoms with Crippen LogP contribution in [0.2, 0.25) is 0 Å². The van der Waals surface area contributed by atoms with Crippen LogP contribution >= 0.6 is 0 Å². The zero-order valence-electron chi connectivity index (χ0n) is 13.2. The monoisotopic (exact) mass is 281 g/mol. The van der Waals surface area contributed by atoms with Gasteiger partial charge in [-0.25, -0.2) is 0 Å². The summed E-state index contributed by atoms with van der Waals surface area (Å²) in [7, 11) is 0. The van der Waals surface area contributed by atoms with E-state index in [2.05, 4.69) is 33.8 Å². The van der Waals surface area contributed by atoms with Crippen LogP contribution in [0, 0.1) is 0 Å². The van der Waals surface area contributed by atoms with Gasteiger partial charge in [0.05, 0.1) is 0 Å². The third-order valence-electron chi connectivity index (χ3n) is 3.81. The van der Waals surface area contributed by atoms with Gasteiger partial charge in [-0.3, -0.25) is 4.79 Å².